The Morgan fingerprint density at radius 1 is 1.00 bits per heavy atom. The number of hydrogen-bond donors (Lipinski definition) is 0. The number of ketones is 1. The zero-order valence-corrected chi connectivity index (χ0v) is 22.8. The average molecular weight is 544 g/mol. The highest BCUT2D eigenvalue weighted by molar-refractivity contribution is 6.01. The molecule has 0 amide bonds. The molecule has 5 rings (SSSR count). The van der Waals surface area contributed by atoms with Crippen molar-refractivity contribution in [2.24, 2.45) is 0 Å². The third-order valence-corrected chi connectivity index (χ3v) is 6.87. The van der Waals surface area contributed by atoms with E-state index in [0.717, 1.165) is 34.6 Å². The van der Waals surface area contributed by atoms with Crippen LogP contribution < -0.4 is 10.3 Å². The monoisotopic (exact) mass is 543 g/mol. The summed E-state index contributed by atoms with van der Waals surface area (Å²) >= 11 is 0. The van der Waals surface area contributed by atoms with Gasteiger partial charge in [0.25, 0.3) is 5.56 Å². The highest BCUT2D eigenvalue weighted by atomic mass is 19.1. The Bertz CT molecular complexity index is 1820. The lowest BCUT2D eigenvalue weighted by Crippen LogP contribution is -2.28. The smallest absolute Gasteiger partial charge is 0.262 e. The predicted molar refractivity (Wildman–Crippen MR) is 147 cm³/mol. The lowest BCUT2D eigenvalue weighted by Gasteiger charge is -2.17. The summed E-state index contributed by atoms with van der Waals surface area (Å²) in [4.78, 5) is 31.7. The number of hydrogen-bond acceptors (Lipinski definition) is 6. The molecule has 0 aliphatic rings. The number of methoxy groups -OCH3 is 1. The first kappa shape index (κ1) is 26.9. The van der Waals surface area contributed by atoms with Crippen LogP contribution in [0, 0.1) is 39.3 Å². The zero-order chi connectivity index (χ0) is 28.7. The van der Waals surface area contributed by atoms with Gasteiger partial charge in [0, 0.05) is 46.5 Å². The fourth-order valence-electron chi connectivity index (χ4n) is 5.12. The summed E-state index contributed by atoms with van der Waals surface area (Å²) in [6.45, 7) is 7.05. The van der Waals surface area contributed by atoms with Crippen LogP contribution in [0.5, 0.6) is 5.75 Å². The van der Waals surface area contributed by atoms with Crippen molar-refractivity contribution in [1.82, 2.24) is 14.7 Å². The van der Waals surface area contributed by atoms with Gasteiger partial charge in [-0.15, -0.1) is 0 Å². The van der Waals surface area contributed by atoms with Gasteiger partial charge in [-0.3, -0.25) is 14.6 Å². The fraction of sp³-hybridized carbons (Fsp3) is 0.226. The molecule has 0 atom stereocenters. The molecule has 2 aromatic carbocycles. The van der Waals surface area contributed by atoms with Gasteiger partial charge in [-0.2, -0.15) is 0 Å². The van der Waals surface area contributed by atoms with E-state index in [4.69, 9.17) is 9.26 Å². The summed E-state index contributed by atoms with van der Waals surface area (Å²) in [6.07, 6.45) is -0.0112. The molecular weight excluding hydrogens is 516 g/mol. The number of carbonyl (C=O) groups is 1. The number of aryl methyl sites for hydroxylation is 4. The van der Waals surface area contributed by atoms with Crippen molar-refractivity contribution in [3.05, 3.63) is 110 Å². The molecule has 0 bridgehead atoms. The van der Waals surface area contributed by atoms with Gasteiger partial charge in [-0.1, -0.05) is 11.2 Å². The molecule has 3 aromatic heterocycles. The number of fused-ring (bicyclic) bond motifs is 1. The number of carbonyl (C=O) groups excluding carboxylic acids is 1. The van der Waals surface area contributed by atoms with Crippen LogP contribution in [0.3, 0.4) is 0 Å². The quantitative estimate of drug-likeness (QED) is 0.233. The lowest BCUT2D eigenvalue weighted by molar-refractivity contribution is 0.0991. The minimum Gasteiger partial charge on any atom is -0.496 e. The third kappa shape index (κ3) is 5.02. The van der Waals surface area contributed by atoms with Crippen LogP contribution in [0.15, 0.2) is 57.8 Å². The van der Waals surface area contributed by atoms with E-state index in [1.165, 1.54) is 17.7 Å². The minimum absolute atomic E-state index is 0.0112. The van der Waals surface area contributed by atoms with Gasteiger partial charge in [-0.25, -0.2) is 8.78 Å². The molecule has 0 aliphatic heterocycles. The van der Waals surface area contributed by atoms with E-state index in [1.54, 1.807) is 44.2 Å². The number of pyridine rings is 2. The fourth-order valence-corrected chi connectivity index (χ4v) is 5.12. The average Bonchev–Trinajstić information content (AvgIpc) is 3.22. The maximum atomic E-state index is 14.7. The second-order valence-electron chi connectivity index (χ2n) is 9.85. The van der Waals surface area contributed by atoms with Gasteiger partial charge in [0.05, 0.1) is 36.0 Å². The van der Waals surface area contributed by atoms with Crippen molar-refractivity contribution < 1.29 is 22.8 Å². The number of halogens is 2. The molecule has 0 fully saturated rings. The van der Waals surface area contributed by atoms with Gasteiger partial charge in [-0.05, 0) is 63.6 Å². The third-order valence-electron chi connectivity index (χ3n) is 6.87. The summed E-state index contributed by atoms with van der Waals surface area (Å²) in [7, 11) is 1.50. The first-order valence-corrected chi connectivity index (χ1v) is 12.7. The summed E-state index contributed by atoms with van der Waals surface area (Å²) in [6, 6.07) is 11.8. The standard InChI is InChI=1S/C31H27F2N3O4/c1-16-8-20(9-17(2)34-16)10-28(37)24-11-22-12-25(30-18(3)35-40-19(30)4)29(39-5)14-27(22)36(31(24)38)15-21-6-7-23(32)13-26(21)33/h6-9,11-14H,10,15H2,1-5H3. The summed E-state index contributed by atoms with van der Waals surface area (Å²) in [5.74, 6) is -0.886. The van der Waals surface area contributed by atoms with E-state index in [0.29, 0.717) is 33.7 Å². The van der Waals surface area contributed by atoms with Crippen molar-refractivity contribution in [3.8, 4) is 16.9 Å². The van der Waals surface area contributed by atoms with Crippen LogP contribution >= 0.6 is 0 Å². The van der Waals surface area contributed by atoms with Crippen molar-refractivity contribution in [2.75, 3.05) is 7.11 Å². The molecule has 7 nitrogen and oxygen atoms in total. The Balaban J connectivity index is 1.74. The molecule has 0 aliphatic carbocycles. The van der Waals surface area contributed by atoms with Crippen LogP contribution in [0.2, 0.25) is 0 Å². The largest absolute Gasteiger partial charge is 0.496 e. The molecule has 0 spiro atoms. The molecule has 0 saturated carbocycles. The SMILES string of the molecule is COc1cc2c(cc1-c1c(C)noc1C)cc(C(=O)Cc1cc(C)nc(C)c1)c(=O)n2Cc1ccc(F)cc1F. The molecule has 0 N–H and O–H groups in total. The van der Waals surface area contributed by atoms with E-state index in [-0.39, 0.29) is 29.9 Å². The highest BCUT2D eigenvalue weighted by Gasteiger charge is 2.22. The number of aromatic nitrogens is 3. The zero-order valence-electron chi connectivity index (χ0n) is 22.8. The maximum Gasteiger partial charge on any atom is 0.262 e. The lowest BCUT2D eigenvalue weighted by atomic mass is 9.97. The Kier molecular flexibility index (Phi) is 7.06. The predicted octanol–water partition coefficient (Wildman–Crippen LogP) is 6.05. The molecule has 9 heteroatoms. The van der Waals surface area contributed by atoms with E-state index < -0.39 is 17.2 Å². The molecule has 3 heterocycles. The van der Waals surface area contributed by atoms with Crippen LogP contribution in [0.25, 0.3) is 22.0 Å². The second-order valence-corrected chi connectivity index (χ2v) is 9.85. The van der Waals surface area contributed by atoms with Crippen molar-refractivity contribution in [3.63, 3.8) is 0 Å². The van der Waals surface area contributed by atoms with Crippen LogP contribution in [0.1, 0.15) is 44.3 Å². The summed E-state index contributed by atoms with van der Waals surface area (Å²) < 4.78 is 40.7. The Morgan fingerprint density at radius 2 is 1.73 bits per heavy atom. The van der Waals surface area contributed by atoms with Crippen molar-refractivity contribution in [1.29, 1.82) is 0 Å². The molecule has 0 radical (unpaired) electrons. The number of rotatable bonds is 7. The van der Waals surface area contributed by atoms with Crippen molar-refractivity contribution >= 4 is 16.7 Å². The number of Topliss-reactive ketones (excluding diaryl/α,β-unsaturated/α-hetero) is 1. The number of nitrogens with zero attached hydrogens (tertiary/aromatic N) is 3. The molecule has 0 saturated heterocycles. The topological polar surface area (TPSA) is 87.2 Å². The van der Waals surface area contributed by atoms with Gasteiger partial charge < -0.3 is 13.8 Å². The van der Waals surface area contributed by atoms with Gasteiger partial charge in [0.1, 0.15) is 23.1 Å². The Labute approximate surface area is 229 Å². The van der Waals surface area contributed by atoms with Crippen LogP contribution in [0.4, 0.5) is 8.78 Å². The van der Waals surface area contributed by atoms with Crippen LogP contribution in [-0.2, 0) is 13.0 Å². The van der Waals surface area contributed by atoms with Gasteiger partial charge in [0.15, 0.2) is 5.78 Å². The second kappa shape index (κ2) is 10.5. The Morgan fingerprint density at radius 3 is 2.35 bits per heavy atom. The maximum absolute atomic E-state index is 14.7. The first-order chi connectivity index (χ1) is 19.0. The van der Waals surface area contributed by atoms with E-state index in [1.807, 2.05) is 13.8 Å². The Hall–Kier alpha value is -4.66. The summed E-state index contributed by atoms with van der Waals surface area (Å²) in [5, 5.41) is 4.60. The van der Waals surface area contributed by atoms with Crippen LogP contribution in [-0.4, -0.2) is 27.6 Å². The molecule has 204 valence electrons. The molecular formula is C31H27F2N3O4. The van der Waals surface area contributed by atoms with E-state index in [9.17, 15) is 18.4 Å². The number of benzene rings is 2. The molecule has 5 aromatic rings. The molecule has 40 heavy (non-hydrogen) atoms. The normalized spacial score (nSPS) is 11.3. The highest BCUT2D eigenvalue weighted by Crippen LogP contribution is 2.37. The first-order valence-electron chi connectivity index (χ1n) is 12.7. The minimum atomic E-state index is -0.793. The summed E-state index contributed by atoms with van der Waals surface area (Å²) in [5.41, 5.74) is 4.21. The van der Waals surface area contributed by atoms with Crippen molar-refractivity contribution in [2.45, 2.75) is 40.7 Å². The van der Waals surface area contributed by atoms with E-state index in [2.05, 4.69) is 10.1 Å². The van der Waals surface area contributed by atoms with Gasteiger partial charge >= 0.3 is 0 Å². The van der Waals surface area contributed by atoms with Gasteiger partial charge in [0.2, 0.25) is 0 Å². The number of ether oxygens (including phenoxy) is 1. The van der Waals surface area contributed by atoms with E-state index >= 15 is 0 Å². The molecule has 0 unspecified atom stereocenters.